The molecule has 1 N–H and O–H groups in total. The second kappa shape index (κ2) is 5.51. The molecule has 0 atom stereocenters. The van der Waals surface area contributed by atoms with E-state index >= 15 is 0 Å². The first-order valence-electron chi connectivity index (χ1n) is 8.37. The second-order valence-electron chi connectivity index (χ2n) is 6.32. The van der Waals surface area contributed by atoms with Gasteiger partial charge in [-0.1, -0.05) is 23.4 Å². The summed E-state index contributed by atoms with van der Waals surface area (Å²) in [6, 6.07) is 11.9. The quantitative estimate of drug-likeness (QED) is 0.580. The lowest BCUT2D eigenvalue weighted by molar-refractivity contribution is 0.377. The summed E-state index contributed by atoms with van der Waals surface area (Å²) in [4.78, 5) is 4.44. The number of para-hydroxylation sites is 1. The van der Waals surface area contributed by atoms with Gasteiger partial charge in [-0.15, -0.1) is 0 Å². The lowest BCUT2D eigenvalue weighted by Gasteiger charge is -2.09. The molecule has 6 nitrogen and oxygen atoms in total. The van der Waals surface area contributed by atoms with E-state index in [0.29, 0.717) is 18.4 Å². The van der Waals surface area contributed by atoms with Gasteiger partial charge in [-0.2, -0.15) is 4.98 Å². The van der Waals surface area contributed by atoms with Crippen LogP contribution in [0.3, 0.4) is 0 Å². The summed E-state index contributed by atoms with van der Waals surface area (Å²) in [5.74, 6) is 2.63. The van der Waals surface area contributed by atoms with Crippen LogP contribution in [-0.4, -0.2) is 17.3 Å². The first kappa shape index (κ1) is 14.3. The number of methoxy groups -OCH3 is 1. The minimum absolute atomic E-state index is 0.446. The number of aromatic nitrogens is 2. The van der Waals surface area contributed by atoms with Gasteiger partial charge in [0.2, 0.25) is 5.89 Å². The largest absolute Gasteiger partial charge is 0.495 e. The molecule has 25 heavy (non-hydrogen) atoms. The van der Waals surface area contributed by atoms with E-state index in [1.54, 1.807) is 7.11 Å². The molecule has 0 radical (unpaired) electrons. The van der Waals surface area contributed by atoms with E-state index in [2.05, 4.69) is 15.5 Å². The van der Waals surface area contributed by atoms with Crippen molar-refractivity contribution in [1.82, 2.24) is 10.1 Å². The number of anilines is 1. The van der Waals surface area contributed by atoms with Gasteiger partial charge in [-0.05, 0) is 25.0 Å². The summed E-state index contributed by atoms with van der Waals surface area (Å²) in [6.07, 6.45) is 2.31. The van der Waals surface area contributed by atoms with Crippen LogP contribution in [0.15, 0.2) is 45.3 Å². The van der Waals surface area contributed by atoms with Gasteiger partial charge in [0.05, 0.1) is 19.3 Å². The van der Waals surface area contributed by atoms with Gasteiger partial charge in [0.25, 0.3) is 0 Å². The SMILES string of the molecule is COc1cc2c(cc1NCc1nc(C3CC3)no1)oc1ccccc12. The summed E-state index contributed by atoms with van der Waals surface area (Å²) in [5, 5.41) is 9.46. The molecule has 0 bridgehead atoms. The zero-order chi connectivity index (χ0) is 16.8. The van der Waals surface area contributed by atoms with Crippen molar-refractivity contribution in [3.63, 3.8) is 0 Å². The fraction of sp³-hybridized carbons (Fsp3) is 0.263. The molecule has 2 heterocycles. The molecule has 1 saturated carbocycles. The van der Waals surface area contributed by atoms with Crippen LogP contribution in [0.5, 0.6) is 5.75 Å². The third-order valence-electron chi connectivity index (χ3n) is 4.56. The van der Waals surface area contributed by atoms with Gasteiger partial charge in [0.1, 0.15) is 16.9 Å². The lowest BCUT2D eigenvalue weighted by Crippen LogP contribution is -2.02. The lowest BCUT2D eigenvalue weighted by atomic mass is 10.1. The molecule has 126 valence electrons. The highest BCUT2D eigenvalue weighted by Crippen LogP contribution is 2.38. The third kappa shape index (κ3) is 2.50. The Morgan fingerprint density at radius 2 is 2.04 bits per heavy atom. The Labute approximate surface area is 143 Å². The molecule has 0 amide bonds. The molecule has 1 aliphatic carbocycles. The Balaban J connectivity index is 1.47. The molecule has 2 aromatic heterocycles. The van der Waals surface area contributed by atoms with Crippen LogP contribution >= 0.6 is 0 Å². The zero-order valence-corrected chi connectivity index (χ0v) is 13.8. The third-order valence-corrected chi connectivity index (χ3v) is 4.56. The minimum atomic E-state index is 0.446. The van der Waals surface area contributed by atoms with Crippen molar-refractivity contribution >= 4 is 27.6 Å². The smallest absolute Gasteiger partial charge is 0.245 e. The number of hydrogen-bond donors (Lipinski definition) is 1. The molecule has 0 saturated heterocycles. The molecule has 0 aliphatic heterocycles. The van der Waals surface area contributed by atoms with Crippen molar-refractivity contribution in [3.05, 3.63) is 48.1 Å². The summed E-state index contributed by atoms with van der Waals surface area (Å²) in [6.45, 7) is 0.446. The highest BCUT2D eigenvalue weighted by molar-refractivity contribution is 6.06. The maximum absolute atomic E-state index is 5.94. The fourth-order valence-corrected chi connectivity index (χ4v) is 3.08. The standard InChI is InChI=1S/C19H17N3O3/c1-23-17-8-13-12-4-2-3-5-15(12)24-16(13)9-14(17)20-10-18-21-19(22-25-18)11-6-7-11/h2-5,8-9,11,20H,6-7,10H2,1H3. The number of ether oxygens (including phenoxy) is 1. The number of benzene rings is 2. The van der Waals surface area contributed by atoms with E-state index < -0.39 is 0 Å². The zero-order valence-electron chi connectivity index (χ0n) is 13.8. The highest BCUT2D eigenvalue weighted by atomic mass is 16.5. The number of nitrogens with one attached hydrogen (secondary N) is 1. The van der Waals surface area contributed by atoms with Gasteiger partial charge in [-0.3, -0.25) is 0 Å². The Morgan fingerprint density at radius 3 is 2.88 bits per heavy atom. The molecule has 6 heteroatoms. The van der Waals surface area contributed by atoms with Crippen LogP contribution in [0.1, 0.15) is 30.5 Å². The second-order valence-corrected chi connectivity index (χ2v) is 6.32. The summed E-state index contributed by atoms with van der Waals surface area (Å²) >= 11 is 0. The minimum Gasteiger partial charge on any atom is -0.495 e. The monoisotopic (exact) mass is 335 g/mol. The predicted octanol–water partition coefficient (Wildman–Crippen LogP) is 4.47. The normalized spacial score (nSPS) is 14.3. The molecule has 2 aromatic carbocycles. The number of rotatable bonds is 5. The summed E-state index contributed by atoms with van der Waals surface area (Å²) < 4.78 is 16.8. The van der Waals surface area contributed by atoms with Crippen molar-refractivity contribution < 1.29 is 13.7 Å². The highest BCUT2D eigenvalue weighted by Gasteiger charge is 2.28. The number of hydrogen-bond acceptors (Lipinski definition) is 6. The van der Waals surface area contributed by atoms with E-state index in [9.17, 15) is 0 Å². The van der Waals surface area contributed by atoms with Gasteiger partial charge in [0.15, 0.2) is 5.82 Å². The van der Waals surface area contributed by atoms with E-state index in [4.69, 9.17) is 13.7 Å². The van der Waals surface area contributed by atoms with Crippen LogP contribution in [0.2, 0.25) is 0 Å². The number of fused-ring (bicyclic) bond motifs is 3. The van der Waals surface area contributed by atoms with Crippen molar-refractivity contribution in [1.29, 1.82) is 0 Å². The molecule has 1 fully saturated rings. The summed E-state index contributed by atoms with van der Waals surface area (Å²) in [5.41, 5.74) is 2.51. The van der Waals surface area contributed by atoms with Gasteiger partial charge in [-0.25, -0.2) is 0 Å². The summed E-state index contributed by atoms with van der Waals surface area (Å²) in [7, 11) is 1.66. The molecule has 0 unspecified atom stereocenters. The van der Waals surface area contributed by atoms with Gasteiger partial charge in [0, 0.05) is 22.8 Å². The Bertz CT molecular complexity index is 1060. The van der Waals surface area contributed by atoms with E-state index in [1.807, 2.05) is 36.4 Å². The van der Waals surface area contributed by atoms with Gasteiger partial charge >= 0.3 is 0 Å². The van der Waals surface area contributed by atoms with E-state index in [1.165, 1.54) is 0 Å². The van der Waals surface area contributed by atoms with Crippen LogP contribution < -0.4 is 10.1 Å². The van der Waals surface area contributed by atoms with E-state index in [-0.39, 0.29) is 0 Å². The molecule has 4 aromatic rings. The fourth-order valence-electron chi connectivity index (χ4n) is 3.08. The Hall–Kier alpha value is -3.02. The van der Waals surface area contributed by atoms with Crippen LogP contribution in [0.25, 0.3) is 21.9 Å². The molecule has 0 spiro atoms. The first-order chi connectivity index (χ1) is 12.3. The Morgan fingerprint density at radius 1 is 1.16 bits per heavy atom. The predicted molar refractivity (Wildman–Crippen MR) is 93.9 cm³/mol. The topological polar surface area (TPSA) is 73.3 Å². The van der Waals surface area contributed by atoms with Crippen LogP contribution in [-0.2, 0) is 6.54 Å². The average molecular weight is 335 g/mol. The van der Waals surface area contributed by atoms with E-state index in [0.717, 1.165) is 52.0 Å². The molecule has 1 aliphatic rings. The van der Waals surface area contributed by atoms with Crippen LogP contribution in [0.4, 0.5) is 5.69 Å². The van der Waals surface area contributed by atoms with Crippen molar-refractivity contribution in [3.8, 4) is 5.75 Å². The maximum atomic E-state index is 5.94. The number of nitrogens with zero attached hydrogens (tertiary/aromatic N) is 2. The Kier molecular flexibility index (Phi) is 3.16. The van der Waals surface area contributed by atoms with Crippen molar-refractivity contribution in [2.45, 2.75) is 25.3 Å². The average Bonchev–Trinajstić information content (AvgIpc) is 3.27. The van der Waals surface area contributed by atoms with Crippen molar-refractivity contribution in [2.75, 3.05) is 12.4 Å². The molecule has 5 rings (SSSR count). The molecular formula is C19H17N3O3. The maximum Gasteiger partial charge on any atom is 0.245 e. The number of furan rings is 1. The van der Waals surface area contributed by atoms with Crippen molar-refractivity contribution in [2.24, 2.45) is 0 Å². The first-order valence-corrected chi connectivity index (χ1v) is 8.37. The molecular weight excluding hydrogens is 318 g/mol. The van der Waals surface area contributed by atoms with Gasteiger partial charge < -0.3 is 19.0 Å². The van der Waals surface area contributed by atoms with Crippen LogP contribution in [0, 0.1) is 0 Å².